The molecule has 0 spiro atoms. The van der Waals surface area contributed by atoms with Crippen molar-refractivity contribution in [3.05, 3.63) is 52.7 Å². The van der Waals surface area contributed by atoms with Crippen molar-refractivity contribution in [1.82, 2.24) is 25.3 Å². The molecule has 0 bridgehead atoms. The van der Waals surface area contributed by atoms with E-state index in [0.717, 1.165) is 60.7 Å². The molecule has 0 radical (unpaired) electrons. The van der Waals surface area contributed by atoms with Crippen LogP contribution in [0.1, 0.15) is 46.9 Å². The number of nitrogens with zero attached hydrogens (tertiary/aromatic N) is 3. The van der Waals surface area contributed by atoms with Crippen LogP contribution in [0.3, 0.4) is 0 Å². The van der Waals surface area contributed by atoms with Gasteiger partial charge in [0.2, 0.25) is 0 Å². The van der Waals surface area contributed by atoms with Crippen molar-refractivity contribution < 1.29 is 14.6 Å². The number of phenols is 1. The maximum Gasteiger partial charge on any atom is 0.258 e. The molecule has 0 unspecified atom stereocenters. The highest BCUT2D eigenvalue weighted by Crippen LogP contribution is 2.33. The third kappa shape index (κ3) is 4.41. The van der Waals surface area contributed by atoms with Crippen LogP contribution in [0.15, 0.2) is 30.3 Å². The van der Waals surface area contributed by atoms with Crippen molar-refractivity contribution in [3.8, 4) is 11.5 Å². The van der Waals surface area contributed by atoms with E-state index in [0.29, 0.717) is 30.8 Å². The van der Waals surface area contributed by atoms with E-state index >= 15 is 0 Å². The van der Waals surface area contributed by atoms with Crippen LogP contribution in [0, 0.1) is 0 Å². The number of rotatable bonds is 6. The van der Waals surface area contributed by atoms with Crippen molar-refractivity contribution >= 4 is 16.8 Å². The van der Waals surface area contributed by atoms with E-state index in [1.165, 1.54) is 0 Å². The predicted molar refractivity (Wildman–Crippen MR) is 127 cm³/mol. The molecule has 2 aliphatic rings. The number of amides is 1. The van der Waals surface area contributed by atoms with Gasteiger partial charge in [-0.05, 0) is 35.2 Å². The second kappa shape index (κ2) is 9.03. The van der Waals surface area contributed by atoms with Gasteiger partial charge in [-0.2, -0.15) is 5.10 Å². The lowest BCUT2D eigenvalue weighted by Crippen LogP contribution is -2.44. The van der Waals surface area contributed by atoms with Crippen LogP contribution in [0.4, 0.5) is 0 Å². The molecule has 0 aliphatic carbocycles. The largest absolute Gasteiger partial charge is 0.507 e. The Morgan fingerprint density at radius 1 is 1.15 bits per heavy atom. The summed E-state index contributed by atoms with van der Waals surface area (Å²) in [4.78, 5) is 17.5. The number of carbonyl (C=O) groups excluding carboxylic acids is 1. The van der Waals surface area contributed by atoms with Gasteiger partial charge >= 0.3 is 0 Å². The van der Waals surface area contributed by atoms with E-state index in [4.69, 9.17) is 4.74 Å². The Hall–Kier alpha value is -3.10. The van der Waals surface area contributed by atoms with Crippen LogP contribution in [-0.2, 0) is 13.1 Å². The number of aromatic amines is 1. The molecule has 5 rings (SSSR count). The summed E-state index contributed by atoms with van der Waals surface area (Å²) in [7, 11) is 0. The molecule has 0 saturated carbocycles. The van der Waals surface area contributed by atoms with Gasteiger partial charge in [0.15, 0.2) is 0 Å². The first-order chi connectivity index (χ1) is 16.0. The van der Waals surface area contributed by atoms with Crippen LogP contribution < -0.4 is 10.1 Å². The quantitative estimate of drug-likeness (QED) is 0.536. The molecule has 0 atom stereocenters. The molecule has 1 fully saturated rings. The summed E-state index contributed by atoms with van der Waals surface area (Å²) in [5.41, 5.74) is 4.15. The van der Waals surface area contributed by atoms with Crippen LogP contribution in [0.2, 0.25) is 0 Å². The van der Waals surface area contributed by atoms with Gasteiger partial charge in [0.1, 0.15) is 18.1 Å². The minimum absolute atomic E-state index is 0.0396. The fourth-order valence-electron chi connectivity index (χ4n) is 4.68. The SMILES string of the molecule is CC(C)c1[nH]nc2cc(O)c(C(=O)N3Cc4ccc(OCCN5CCNCC5)cc4C3)cc12. The topological polar surface area (TPSA) is 93.7 Å². The van der Waals surface area contributed by atoms with Crippen molar-refractivity contribution in [2.75, 3.05) is 39.3 Å². The first-order valence-electron chi connectivity index (χ1n) is 11.7. The molecule has 174 valence electrons. The van der Waals surface area contributed by atoms with E-state index < -0.39 is 0 Å². The Kier molecular flexibility index (Phi) is 5.95. The third-order valence-corrected chi connectivity index (χ3v) is 6.58. The van der Waals surface area contributed by atoms with Crippen LogP contribution >= 0.6 is 0 Å². The highest BCUT2D eigenvalue weighted by atomic mass is 16.5. The Balaban J connectivity index is 1.27. The summed E-state index contributed by atoms with van der Waals surface area (Å²) < 4.78 is 5.99. The van der Waals surface area contributed by atoms with Crippen molar-refractivity contribution in [1.29, 1.82) is 0 Å². The zero-order chi connectivity index (χ0) is 22.9. The van der Waals surface area contributed by atoms with Gasteiger partial charge in [0.05, 0.1) is 11.1 Å². The average molecular weight is 450 g/mol. The third-order valence-electron chi connectivity index (χ3n) is 6.58. The van der Waals surface area contributed by atoms with E-state index in [2.05, 4.69) is 34.3 Å². The number of hydrogen-bond donors (Lipinski definition) is 3. The lowest BCUT2D eigenvalue weighted by atomic mass is 10.0. The number of ether oxygens (including phenoxy) is 1. The van der Waals surface area contributed by atoms with Crippen molar-refractivity contribution in [2.24, 2.45) is 0 Å². The molecule has 1 saturated heterocycles. The summed E-state index contributed by atoms with van der Waals surface area (Å²) in [6.07, 6.45) is 0. The van der Waals surface area contributed by atoms with E-state index in [-0.39, 0.29) is 17.6 Å². The first-order valence-corrected chi connectivity index (χ1v) is 11.7. The molecule has 2 aromatic carbocycles. The minimum Gasteiger partial charge on any atom is -0.507 e. The zero-order valence-electron chi connectivity index (χ0n) is 19.2. The van der Waals surface area contributed by atoms with E-state index in [1.54, 1.807) is 17.0 Å². The summed E-state index contributed by atoms with van der Waals surface area (Å²) in [5, 5.41) is 22.1. The fourth-order valence-corrected chi connectivity index (χ4v) is 4.68. The maximum absolute atomic E-state index is 13.3. The summed E-state index contributed by atoms with van der Waals surface area (Å²) in [5.74, 6) is 0.857. The molecule has 33 heavy (non-hydrogen) atoms. The monoisotopic (exact) mass is 449 g/mol. The molecule has 3 aromatic rings. The molecular formula is C25H31N5O3. The molecular weight excluding hydrogens is 418 g/mol. The van der Waals surface area contributed by atoms with Crippen LogP contribution in [-0.4, -0.2) is 70.3 Å². The van der Waals surface area contributed by atoms with Gasteiger partial charge in [-0.3, -0.25) is 14.8 Å². The van der Waals surface area contributed by atoms with Gasteiger partial charge in [0.25, 0.3) is 5.91 Å². The van der Waals surface area contributed by atoms with Crippen LogP contribution in [0.25, 0.3) is 10.9 Å². The summed E-state index contributed by atoms with van der Waals surface area (Å²) in [6.45, 7) is 10.9. The van der Waals surface area contributed by atoms with Gasteiger partial charge < -0.3 is 20.1 Å². The van der Waals surface area contributed by atoms with Gasteiger partial charge in [-0.25, -0.2) is 0 Å². The molecule has 8 heteroatoms. The second-order valence-electron chi connectivity index (χ2n) is 9.21. The molecule has 3 heterocycles. The molecule has 1 aromatic heterocycles. The number of fused-ring (bicyclic) bond motifs is 2. The summed E-state index contributed by atoms with van der Waals surface area (Å²) in [6, 6.07) is 9.39. The fraction of sp³-hybridized carbons (Fsp3) is 0.440. The Morgan fingerprint density at radius 3 is 2.73 bits per heavy atom. The second-order valence-corrected chi connectivity index (χ2v) is 9.21. The number of H-pyrrole nitrogens is 1. The maximum atomic E-state index is 13.3. The van der Waals surface area contributed by atoms with Gasteiger partial charge in [-0.1, -0.05) is 19.9 Å². The number of nitrogens with one attached hydrogen (secondary N) is 2. The smallest absolute Gasteiger partial charge is 0.258 e. The van der Waals surface area contributed by atoms with Gasteiger partial charge in [-0.15, -0.1) is 0 Å². The highest BCUT2D eigenvalue weighted by molar-refractivity contribution is 6.01. The van der Waals surface area contributed by atoms with E-state index in [1.807, 2.05) is 18.2 Å². The molecule has 1 amide bonds. The number of phenolic OH excluding ortho intramolecular Hbond substituents is 1. The van der Waals surface area contributed by atoms with Crippen molar-refractivity contribution in [2.45, 2.75) is 32.9 Å². The minimum atomic E-state index is -0.178. The average Bonchev–Trinajstić information content (AvgIpc) is 3.42. The predicted octanol–water partition coefficient (Wildman–Crippen LogP) is 2.83. The first kappa shape index (κ1) is 21.7. The summed E-state index contributed by atoms with van der Waals surface area (Å²) >= 11 is 0. The lowest BCUT2D eigenvalue weighted by molar-refractivity contribution is 0.0748. The standard InChI is InChI=1S/C25H31N5O3/c1-16(2)24-20-12-21(23(31)13-22(20)27-28-24)25(32)30-14-17-3-4-19(11-18(17)15-30)33-10-9-29-7-5-26-6-8-29/h3-4,11-13,16,26,31H,5-10,14-15H2,1-2H3,(H,27,28). The molecule has 8 nitrogen and oxygen atoms in total. The molecule has 3 N–H and O–H groups in total. The van der Waals surface area contributed by atoms with Crippen LogP contribution in [0.5, 0.6) is 11.5 Å². The number of carbonyl (C=O) groups is 1. The van der Waals surface area contributed by atoms with E-state index in [9.17, 15) is 9.90 Å². The zero-order valence-corrected chi connectivity index (χ0v) is 19.2. The van der Waals surface area contributed by atoms with Crippen molar-refractivity contribution in [3.63, 3.8) is 0 Å². The number of piperazine rings is 1. The normalized spacial score (nSPS) is 16.5. The Morgan fingerprint density at radius 2 is 1.94 bits per heavy atom. The lowest BCUT2D eigenvalue weighted by Gasteiger charge is -2.26. The Labute approximate surface area is 193 Å². The highest BCUT2D eigenvalue weighted by Gasteiger charge is 2.27. The number of benzene rings is 2. The number of hydrogen-bond acceptors (Lipinski definition) is 6. The molecule has 2 aliphatic heterocycles. The number of aromatic nitrogens is 2. The van der Waals surface area contributed by atoms with Gasteiger partial charge in [0, 0.05) is 63.0 Å². The number of aromatic hydroxyl groups is 1. The Bertz CT molecular complexity index is 1170.